The molecule has 2 heteroatoms. The van der Waals surface area contributed by atoms with Gasteiger partial charge in [-0.15, -0.1) is 0 Å². The average Bonchev–Trinajstić information content (AvgIpc) is 2.94. The molecule has 3 unspecified atom stereocenters. The highest BCUT2D eigenvalue weighted by molar-refractivity contribution is 5.83. The molecule has 1 aliphatic heterocycles. The highest BCUT2D eigenvalue weighted by Gasteiger charge is 2.32. The Kier molecular flexibility index (Phi) is 4.57. The third-order valence-electron chi connectivity index (χ3n) is 4.52. The molecule has 1 aliphatic rings. The fourth-order valence-corrected chi connectivity index (χ4v) is 3.27. The summed E-state index contributed by atoms with van der Waals surface area (Å²) in [5.41, 5.74) is 1.35. The van der Waals surface area contributed by atoms with E-state index in [-0.39, 0.29) is 6.10 Å². The van der Waals surface area contributed by atoms with Crippen molar-refractivity contribution in [3.63, 3.8) is 0 Å². The fraction of sp³-hybridized carbons (Fsp3) is 0.474. The molecule has 3 atom stereocenters. The summed E-state index contributed by atoms with van der Waals surface area (Å²) in [6.45, 7) is 6.44. The molecule has 0 aliphatic carbocycles. The maximum atomic E-state index is 6.03. The third-order valence-corrected chi connectivity index (χ3v) is 4.52. The van der Waals surface area contributed by atoms with Gasteiger partial charge in [-0.3, -0.25) is 0 Å². The first kappa shape index (κ1) is 14.6. The van der Waals surface area contributed by atoms with Crippen LogP contribution in [0.3, 0.4) is 0 Å². The molecule has 0 aromatic heterocycles. The van der Waals surface area contributed by atoms with Gasteiger partial charge in [-0.05, 0) is 47.7 Å². The van der Waals surface area contributed by atoms with E-state index in [1.54, 1.807) is 0 Å². The monoisotopic (exact) mass is 283 g/mol. The molecule has 2 aromatic rings. The van der Waals surface area contributed by atoms with Crippen LogP contribution < -0.4 is 5.32 Å². The van der Waals surface area contributed by atoms with Crippen LogP contribution in [0.2, 0.25) is 0 Å². The molecule has 1 N–H and O–H groups in total. The summed E-state index contributed by atoms with van der Waals surface area (Å²) < 4.78 is 6.03. The van der Waals surface area contributed by atoms with Gasteiger partial charge in [0.2, 0.25) is 0 Å². The van der Waals surface area contributed by atoms with Gasteiger partial charge in [0.05, 0.1) is 12.1 Å². The average molecular weight is 283 g/mol. The van der Waals surface area contributed by atoms with Crippen LogP contribution in [0, 0.1) is 5.92 Å². The van der Waals surface area contributed by atoms with E-state index in [0.29, 0.717) is 12.0 Å². The molecule has 21 heavy (non-hydrogen) atoms. The van der Waals surface area contributed by atoms with Crippen molar-refractivity contribution in [2.45, 2.75) is 38.8 Å². The van der Waals surface area contributed by atoms with Gasteiger partial charge in [-0.2, -0.15) is 0 Å². The molecule has 0 saturated carbocycles. The molecule has 1 saturated heterocycles. The fourth-order valence-electron chi connectivity index (χ4n) is 3.27. The van der Waals surface area contributed by atoms with Crippen LogP contribution in [0.4, 0.5) is 0 Å². The van der Waals surface area contributed by atoms with Crippen molar-refractivity contribution in [3.8, 4) is 0 Å². The van der Waals surface area contributed by atoms with Crippen molar-refractivity contribution in [2.75, 3.05) is 13.2 Å². The number of fused-ring (bicyclic) bond motifs is 1. The summed E-state index contributed by atoms with van der Waals surface area (Å²) in [5, 5.41) is 6.31. The summed E-state index contributed by atoms with van der Waals surface area (Å²) in [4.78, 5) is 0. The van der Waals surface area contributed by atoms with Crippen molar-refractivity contribution in [3.05, 3.63) is 48.0 Å². The Morgan fingerprint density at radius 1 is 1.19 bits per heavy atom. The van der Waals surface area contributed by atoms with Gasteiger partial charge in [-0.1, -0.05) is 50.2 Å². The Labute approximate surface area is 127 Å². The van der Waals surface area contributed by atoms with Crippen LogP contribution in [0.15, 0.2) is 42.5 Å². The van der Waals surface area contributed by atoms with Crippen LogP contribution in [0.1, 0.15) is 38.3 Å². The van der Waals surface area contributed by atoms with E-state index in [2.05, 4.69) is 61.6 Å². The van der Waals surface area contributed by atoms with Gasteiger partial charge in [0.25, 0.3) is 0 Å². The number of benzene rings is 2. The normalized spacial score (nSPS) is 23.5. The Morgan fingerprint density at radius 3 is 2.71 bits per heavy atom. The van der Waals surface area contributed by atoms with E-state index < -0.39 is 0 Å². The van der Waals surface area contributed by atoms with Gasteiger partial charge < -0.3 is 10.1 Å². The predicted octanol–water partition coefficient (Wildman–Crippen LogP) is 4.31. The number of hydrogen-bond donors (Lipinski definition) is 1. The second-order valence-electron chi connectivity index (χ2n) is 6.14. The molecule has 0 radical (unpaired) electrons. The standard InChI is InChI=1S/C19H25NO/c1-3-11-20-18(19-14(2)10-12-21-19)17-9-8-15-6-4-5-7-16(15)13-17/h4-9,13-14,18-20H,3,10-12H2,1-2H3. The lowest BCUT2D eigenvalue weighted by Crippen LogP contribution is -2.35. The molecule has 2 nitrogen and oxygen atoms in total. The van der Waals surface area contributed by atoms with E-state index in [1.807, 2.05) is 0 Å². The number of ether oxygens (including phenoxy) is 1. The van der Waals surface area contributed by atoms with Gasteiger partial charge in [0.15, 0.2) is 0 Å². The van der Waals surface area contributed by atoms with Crippen LogP contribution in [-0.4, -0.2) is 19.3 Å². The van der Waals surface area contributed by atoms with Crippen molar-refractivity contribution in [2.24, 2.45) is 5.92 Å². The van der Waals surface area contributed by atoms with Crippen molar-refractivity contribution < 1.29 is 4.74 Å². The lowest BCUT2D eigenvalue weighted by atomic mass is 9.91. The molecule has 1 heterocycles. The van der Waals surface area contributed by atoms with Crippen molar-refractivity contribution in [1.82, 2.24) is 5.32 Å². The number of rotatable bonds is 5. The zero-order valence-corrected chi connectivity index (χ0v) is 13.0. The van der Waals surface area contributed by atoms with Crippen LogP contribution in [0.25, 0.3) is 10.8 Å². The second-order valence-corrected chi connectivity index (χ2v) is 6.14. The minimum Gasteiger partial charge on any atom is -0.376 e. The van der Waals surface area contributed by atoms with E-state index in [4.69, 9.17) is 4.74 Å². The molecule has 1 fully saturated rings. The van der Waals surface area contributed by atoms with E-state index in [9.17, 15) is 0 Å². The lowest BCUT2D eigenvalue weighted by molar-refractivity contribution is 0.0607. The Hall–Kier alpha value is -1.38. The topological polar surface area (TPSA) is 21.3 Å². The predicted molar refractivity (Wildman–Crippen MR) is 88.5 cm³/mol. The Bertz CT molecular complexity index is 595. The molecule has 0 bridgehead atoms. The quantitative estimate of drug-likeness (QED) is 0.883. The number of nitrogens with one attached hydrogen (secondary N) is 1. The molecule has 0 spiro atoms. The first-order chi connectivity index (χ1) is 10.3. The molecule has 112 valence electrons. The minimum atomic E-state index is 0.290. The highest BCUT2D eigenvalue weighted by atomic mass is 16.5. The lowest BCUT2D eigenvalue weighted by Gasteiger charge is -2.28. The SMILES string of the molecule is CCCNC(c1ccc2ccccc2c1)C1OCCC1C. The van der Waals surface area contributed by atoms with E-state index >= 15 is 0 Å². The van der Waals surface area contributed by atoms with Crippen molar-refractivity contribution in [1.29, 1.82) is 0 Å². The van der Waals surface area contributed by atoms with Gasteiger partial charge in [-0.25, -0.2) is 0 Å². The molecular formula is C19H25NO. The zero-order chi connectivity index (χ0) is 14.7. The Balaban J connectivity index is 1.92. The molecule has 2 aromatic carbocycles. The molecular weight excluding hydrogens is 258 g/mol. The van der Waals surface area contributed by atoms with Crippen LogP contribution >= 0.6 is 0 Å². The molecule has 0 amide bonds. The van der Waals surface area contributed by atoms with Gasteiger partial charge in [0.1, 0.15) is 0 Å². The molecule has 3 rings (SSSR count). The minimum absolute atomic E-state index is 0.290. The van der Waals surface area contributed by atoms with Gasteiger partial charge in [0, 0.05) is 6.61 Å². The zero-order valence-electron chi connectivity index (χ0n) is 13.0. The smallest absolute Gasteiger partial charge is 0.0795 e. The summed E-state index contributed by atoms with van der Waals surface area (Å²) in [5.74, 6) is 0.617. The summed E-state index contributed by atoms with van der Waals surface area (Å²) in [6.07, 6.45) is 2.60. The van der Waals surface area contributed by atoms with Crippen molar-refractivity contribution >= 4 is 10.8 Å². The maximum absolute atomic E-state index is 6.03. The number of hydrogen-bond acceptors (Lipinski definition) is 2. The summed E-state index contributed by atoms with van der Waals surface area (Å²) in [7, 11) is 0. The van der Waals surface area contributed by atoms with E-state index in [1.165, 1.54) is 22.8 Å². The third kappa shape index (κ3) is 3.12. The first-order valence-electron chi connectivity index (χ1n) is 8.13. The second kappa shape index (κ2) is 6.59. The van der Waals surface area contributed by atoms with Crippen LogP contribution in [-0.2, 0) is 4.74 Å². The van der Waals surface area contributed by atoms with E-state index in [0.717, 1.165) is 19.6 Å². The highest BCUT2D eigenvalue weighted by Crippen LogP contribution is 2.32. The largest absolute Gasteiger partial charge is 0.376 e. The maximum Gasteiger partial charge on any atom is 0.0795 e. The van der Waals surface area contributed by atoms with Gasteiger partial charge >= 0.3 is 0 Å². The van der Waals surface area contributed by atoms with Crippen LogP contribution in [0.5, 0.6) is 0 Å². The summed E-state index contributed by atoms with van der Waals surface area (Å²) in [6, 6.07) is 15.7. The first-order valence-corrected chi connectivity index (χ1v) is 8.13. The Morgan fingerprint density at radius 2 is 2.00 bits per heavy atom. The summed E-state index contributed by atoms with van der Waals surface area (Å²) >= 11 is 0.